The smallest absolute Gasteiger partial charge is 0.315 e. The highest BCUT2D eigenvalue weighted by Gasteiger charge is 2.06. The van der Waals surface area contributed by atoms with E-state index in [2.05, 4.69) is 20.8 Å². The van der Waals surface area contributed by atoms with E-state index in [4.69, 9.17) is 10.2 Å². The standard InChI is InChI=1S/C9H17N5O2/c1-2-5-11-7(15)6-12-9-14-13-8(16-9)3-4-10/h2-6,10H2,1H3,(H,11,15)(H,12,14). The van der Waals surface area contributed by atoms with E-state index < -0.39 is 0 Å². The fourth-order valence-corrected chi connectivity index (χ4v) is 1.03. The first kappa shape index (κ1) is 12.4. The van der Waals surface area contributed by atoms with Crippen LogP contribution in [0.2, 0.25) is 0 Å². The van der Waals surface area contributed by atoms with Crippen LogP contribution in [0.1, 0.15) is 19.2 Å². The first-order chi connectivity index (χ1) is 7.76. The van der Waals surface area contributed by atoms with Crippen LogP contribution in [0.4, 0.5) is 6.01 Å². The molecule has 0 spiro atoms. The number of nitrogens with one attached hydrogen (secondary N) is 2. The van der Waals surface area contributed by atoms with Crippen molar-refractivity contribution < 1.29 is 9.21 Å². The maximum atomic E-state index is 11.2. The van der Waals surface area contributed by atoms with E-state index in [9.17, 15) is 4.79 Å². The molecule has 0 radical (unpaired) electrons. The summed E-state index contributed by atoms with van der Waals surface area (Å²) in [6.07, 6.45) is 1.45. The van der Waals surface area contributed by atoms with E-state index in [-0.39, 0.29) is 18.5 Å². The molecular formula is C9H17N5O2. The van der Waals surface area contributed by atoms with Crippen molar-refractivity contribution >= 4 is 11.9 Å². The molecule has 16 heavy (non-hydrogen) atoms. The Bertz CT molecular complexity index is 325. The second-order valence-corrected chi connectivity index (χ2v) is 3.24. The summed E-state index contributed by atoms with van der Waals surface area (Å²) in [6.45, 7) is 3.25. The molecule has 1 heterocycles. The predicted molar refractivity (Wildman–Crippen MR) is 58.8 cm³/mol. The number of anilines is 1. The van der Waals surface area contributed by atoms with Crippen LogP contribution in [0.15, 0.2) is 4.42 Å². The number of rotatable bonds is 7. The molecule has 0 aliphatic carbocycles. The van der Waals surface area contributed by atoms with Gasteiger partial charge < -0.3 is 20.8 Å². The van der Waals surface area contributed by atoms with Crippen molar-refractivity contribution in [3.63, 3.8) is 0 Å². The molecule has 7 heteroatoms. The van der Waals surface area contributed by atoms with Gasteiger partial charge in [0.25, 0.3) is 0 Å². The van der Waals surface area contributed by atoms with Crippen molar-refractivity contribution in [2.24, 2.45) is 5.73 Å². The Labute approximate surface area is 93.8 Å². The molecule has 1 amide bonds. The second-order valence-electron chi connectivity index (χ2n) is 3.24. The molecule has 1 rings (SSSR count). The SMILES string of the molecule is CCCNC(=O)CNc1nnc(CCN)o1. The summed E-state index contributed by atoms with van der Waals surface area (Å²) < 4.78 is 5.19. The van der Waals surface area contributed by atoms with Gasteiger partial charge >= 0.3 is 6.01 Å². The Balaban J connectivity index is 2.28. The van der Waals surface area contributed by atoms with Gasteiger partial charge in [-0.15, -0.1) is 5.10 Å². The van der Waals surface area contributed by atoms with Gasteiger partial charge in [-0.25, -0.2) is 0 Å². The zero-order valence-corrected chi connectivity index (χ0v) is 9.32. The Morgan fingerprint density at radius 2 is 2.31 bits per heavy atom. The average Bonchev–Trinajstić information content (AvgIpc) is 2.72. The lowest BCUT2D eigenvalue weighted by Crippen LogP contribution is -2.30. The lowest BCUT2D eigenvalue weighted by molar-refractivity contribution is -0.119. The monoisotopic (exact) mass is 227 g/mol. The lowest BCUT2D eigenvalue weighted by atomic mass is 10.4. The van der Waals surface area contributed by atoms with E-state index in [0.717, 1.165) is 6.42 Å². The van der Waals surface area contributed by atoms with Gasteiger partial charge in [-0.1, -0.05) is 12.0 Å². The number of carbonyl (C=O) groups excluding carboxylic acids is 1. The van der Waals surface area contributed by atoms with Gasteiger partial charge in [-0.3, -0.25) is 4.79 Å². The first-order valence-corrected chi connectivity index (χ1v) is 5.29. The van der Waals surface area contributed by atoms with Gasteiger partial charge in [0.2, 0.25) is 11.8 Å². The fourth-order valence-electron chi connectivity index (χ4n) is 1.03. The van der Waals surface area contributed by atoms with Crippen LogP contribution in [0.25, 0.3) is 0 Å². The van der Waals surface area contributed by atoms with E-state index in [1.54, 1.807) is 0 Å². The molecule has 0 aromatic carbocycles. The predicted octanol–water partition coefficient (Wildman–Crippen LogP) is -0.491. The molecule has 90 valence electrons. The summed E-state index contributed by atoms with van der Waals surface area (Å²) in [5.74, 6) is 0.374. The molecule has 0 unspecified atom stereocenters. The summed E-state index contributed by atoms with van der Waals surface area (Å²) >= 11 is 0. The molecule has 0 fully saturated rings. The maximum absolute atomic E-state index is 11.2. The van der Waals surface area contributed by atoms with E-state index in [1.807, 2.05) is 6.92 Å². The molecular weight excluding hydrogens is 210 g/mol. The minimum Gasteiger partial charge on any atom is -0.408 e. The van der Waals surface area contributed by atoms with Gasteiger partial charge in [0.05, 0.1) is 6.54 Å². The quantitative estimate of drug-likeness (QED) is 0.580. The third-order valence-electron chi connectivity index (χ3n) is 1.80. The van der Waals surface area contributed by atoms with E-state index in [0.29, 0.717) is 25.4 Å². The average molecular weight is 227 g/mol. The van der Waals surface area contributed by atoms with Crippen molar-refractivity contribution in [3.05, 3.63) is 5.89 Å². The summed E-state index contributed by atoms with van der Waals surface area (Å²) in [6, 6.07) is 0.245. The van der Waals surface area contributed by atoms with Crippen molar-refractivity contribution in [2.75, 3.05) is 25.0 Å². The van der Waals surface area contributed by atoms with Crippen LogP contribution in [0.3, 0.4) is 0 Å². The Hall–Kier alpha value is -1.63. The normalized spacial score (nSPS) is 10.1. The third kappa shape index (κ3) is 4.26. The largest absolute Gasteiger partial charge is 0.408 e. The van der Waals surface area contributed by atoms with Crippen LogP contribution in [-0.4, -0.2) is 35.7 Å². The van der Waals surface area contributed by atoms with Gasteiger partial charge in [0, 0.05) is 19.5 Å². The zero-order valence-electron chi connectivity index (χ0n) is 9.32. The Kier molecular flexibility index (Phi) is 5.27. The number of nitrogens with two attached hydrogens (primary N) is 1. The number of aromatic nitrogens is 2. The molecule has 0 saturated heterocycles. The molecule has 0 aliphatic rings. The van der Waals surface area contributed by atoms with Crippen LogP contribution < -0.4 is 16.4 Å². The summed E-state index contributed by atoms with van der Waals surface area (Å²) in [5, 5.41) is 12.9. The first-order valence-electron chi connectivity index (χ1n) is 5.29. The lowest BCUT2D eigenvalue weighted by Gasteiger charge is -2.02. The Morgan fingerprint density at radius 1 is 1.50 bits per heavy atom. The van der Waals surface area contributed by atoms with Gasteiger partial charge in [0.15, 0.2) is 0 Å². The third-order valence-corrected chi connectivity index (χ3v) is 1.80. The van der Waals surface area contributed by atoms with Crippen molar-refractivity contribution in [3.8, 4) is 0 Å². The number of carbonyl (C=O) groups is 1. The molecule has 7 nitrogen and oxygen atoms in total. The van der Waals surface area contributed by atoms with Crippen LogP contribution in [0.5, 0.6) is 0 Å². The number of hydrogen-bond acceptors (Lipinski definition) is 6. The summed E-state index contributed by atoms with van der Waals surface area (Å²) in [5.41, 5.74) is 5.33. The number of nitrogens with zero attached hydrogens (tertiary/aromatic N) is 2. The fraction of sp³-hybridized carbons (Fsp3) is 0.667. The highest BCUT2D eigenvalue weighted by molar-refractivity contribution is 5.79. The zero-order chi connectivity index (χ0) is 11.8. The van der Waals surface area contributed by atoms with E-state index in [1.165, 1.54) is 0 Å². The van der Waals surface area contributed by atoms with Crippen LogP contribution in [0, 0.1) is 0 Å². The molecule has 0 atom stereocenters. The highest BCUT2D eigenvalue weighted by atomic mass is 16.4. The topological polar surface area (TPSA) is 106 Å². The van der Waals surface area contributed by atoms with E-state index >= 15 is 0 Å². The summed E-state index contributed by atoms with van der Waals surface area (Å²) in [4.78, 5) is 11.2. The maximum Gasteiger partial charge on any atom is 0.315 e. The van der Waals surface area contributed by atoms with Crippen LogP contribution in [-0.2, 0) is 11.2 Å². The van der Waals surface area contributed by atoms with Gasteiger partial charge in [-0.2, -0.15) is 0 Å². The van der Waals surface area contributed by atoms with Gasteiger partial charge in [-0.05, 0) is 6.42 Å². The second kappa shape index (κ2) is 6.78. The summed E-state index contributed by atoms with van der Waals surface area (Å²) in [7, 11) is 0. The van der Waals surface area contributed by atoms with Crippen molar-refractivity contribution in [2.45, 2.75) is 19.8 Å². The minimum atomic E-state index is -0.0968. The van der Waals surface area contributed by atoms with Crippen molar-refractivity contribution in [1.82, 2.24) is 15.5 Å². The van der Waals surface area contributed by atoms with Crippen molar-refractivity contribution in [1.29, 1.82) is 0 Å². The molecule has 0 bridgehead atoms. The highest BCUT2D eigenvalue weighted by Crippen LogP contribution is 2.04. The number of amides is 1. The molecule has 0 aliphatic heterocycles. The molecule has 1 aromatic rings. The molecule has 1 aromatic heterocycles. The minimum absolute atomic E-state index is 0.0968. The van der Waals surface area contributed by atoms with Crippen LogP contribution >= 0.6 is 0 Å². The number of hydrogen-bond donors (Lipinski definition) is 3. The molecule has 0 saturated carbocycles. The van der Waals surface area contributed by atoms with Gasteiger partial charge in [0.1, 0.15) is 0 Å². The Morgan fingerprint density at radius 3 is 3.00 bits per heavy atom. The molecule has 4 N–H and O–H groups in total.